The van der Waals surface area contributed by atoms with Crippen molar-refractivity contribution in [2.75, 3.05) is 33.5 Å². The molecule has 1 unspecified atom stereocenters. The molecule has 0 aromatic rings. The van der Waals surface area contributed by atoms with Gasteiger partial charge in [-0.2, -0.15) is 0 Å². The van der Waals surface area contributed by atoms with Crippen LogP contribution in [-0.4, -0.2) is 50.7 Å². The van der Waals surface area contributed by atoms with E-state index < -0.39 is 5.97 Å². The summed E-state index contributed by atoms with van der Waals surface area (Å²) < 4.78 is 14.8. The number of carboxylic acid groups (broad SMARTS) is 1. The fraction of sp³-hybridized carbons (Fsp3) is 0.875. The van der Waals surface area contributed by atoms with Crippen LogP contribution in [0.4, 0.5) is 0 Å². The van der Waals surface area contributed by atoms with Gasteiger partial charge in [-0.25, -0.2) is 4.79 Å². The molecular weight excluding hydrogens is 176 g/mol. The Morgan fingerprint density at radius 1 is 1.38 bits per heavy atom. The largest absolute Gasteiger partial charge is 0.480 e. The standard InChI is InChI=1S/C8H16O5/c1-7(11-2)5-12-3-4-13-6-8(9)10/h7H,3-6H2,1-2H3,(H,9,10). The molecule has 1 atom stereocenters. The van der Waals surface area contributed by atoms with Crippen LogP contribution in [0.2, 0.25) is 0 Å². The molecule has 1 N–H and O–H groups in total. The van der Waals surface area contributed by atoms with Gasteiger partial charge in [-0.05, 0) is 6.92 Å². The SMILES string of the molecule is COC(C)COCCOCC(=O)O. The van der Waals surface area contributed by atoms with Crippen LogP contribution in [0, 0.1) is 0 Å². The maximum absolute atomic E-state index is 10.0. The third-order valence-corrected chi connectivity index (χ3v) is 1.35. The maximum atomic E-state index is 10.0. The summed E-state index contributed by atoms with van der Waals surface area (Å²) in [5.41, 5.74) is 0. The lowest BCUT2D eigenvalue weighted by Gasteiger charge is -2.09. The number of hydrogen-bond acceptors (Lipinski definition) is 4. The Hall–Kier alpha value is -0.650. The zero-order valence-electron chi connectivity index (χ0n) is 7.99. The smallest absolute Gasteiger partial charge is 0.329 e. The van der Waals surface area contributed by atoms with Gasteiger partial charge in [0.1, 0.15) is 6.61 Å². The van der Waals surface area contributed by atoms with Gasteiger partial charge in [-0.3, -0.25) is 0 Å². The minimum atomic E-state index is -0.967. The Morgan fingerprint density at radius 3 is 2.54 bits per heavy atom. The molecule has 78 valence electrons. The van der Waals surface area contributed by atoms with Gasteiger partial charge in [0.2, 0.25) is 0 Å². The number of aliphatic carboxylic acids is 1. The highest BCUT2D eigenvalue weighted by Gasteiger charge is 1.99. The summed E-state index contributed by atoms with van der Waals surface area (Å²) >= 11 is 0. The predicted octanol–water partition coefficient (Wildman–Crippen LogP) is 0.139. The van der Waals surface area contributed by atoms with Crippen LogP contribution >= 0.6 is 0 Å². The summed E-state index contributed by atoms with van der Waals surface area (Å²) in [7, 11) is 1.61. The van der Waals surface area contributed by atoms with Gasteiger partial charge in [-0.1, -0.05) is 0 Å². The lowest BCUT2D eigenvalue weighted by Crippen LogP contribution is -2.17. The summed E-state index contributed by atoms with van der Waals surface area (Å²) in [5, 5.41) is 8.21. The van der Waals surface area contributed by atoms with E-state index >= 15 is 0 Å². The van der Waals surface area contributed by atoms with Crippen molar-refractivity contribution in [1.29, 1.82) is 0 Å². The fourth-order valence-electron chi connectivity index (χ4n) is 0.595. The Morgan fingerprint density at radius 2 is 2.00 bits per heavy atom. The molecule has 0 bridgehead atoms. The van der Waals surface area contributed by atoms with E-state index in [4.69, 9.17) is 19.3 Å². The third-order valence-electron chi connectivity index (χ3n) is 1.35. The average molecular weight is 192 g/mol. The quantitative estimate of drug-likeness (QED) is 0.554. The first-order valence-corrected chi connectivity index (χ1v) is 4.07. The Labute approximate surface area is 77.6 Å². The first-order chi connectivity index (χ1) is 6.16. The molecule has 13 heavy (non-hydrogen) atoms. The van der Waals surface area contributed by atoms with Crippen molar-refractivity contribution in [2.24, 2.45) is 0 Å². The van der Waals surface area contributed by atoms with Crippen LogP contribution in [0.3, 0.4) is 0 Å². The number of carbonyl (C=O) groups is 1. The van der Waals surface area contributed by atoms with Crippen LogP contribution in [0.1, 0.15) is 6.92 Å². The summed E-state index contributed by atoms with van der Waals surface area (Å²) in [5.74, 6) is -0.967. The van der Waals surface area contributed by atoms with Gasteiger partial charge in [0.15, 0.2) is 0 Å². The second-order valence-electron chi connectivity index (χ2n) is 2.57. The van der Waals surface area contributed by atoms with Crippen LogP contribution in [-0.2, 0) is 19.0 Å². The summed E-state index contributed by atoms with van der Waals surface area (Å²) in [6.45, 7) is 2.79. The highest BCUT2D eigenvalue weighted by Crippen LogP contribution is 1.88. The first-order valence-electron chi connectivity index (χ1n) is 4.07. The molecule has 5 nitrogen and oxygen atoms in total. The highest BCUT2D eigenvalue weighted by atomic mass is 16.5. The minimum absolute atomic E-state index is 0.0551. The second kappa shape index (κ2) is 7.97. The van der Waals surface area contributed by atoms with Crippen molar-refractivity contribution in [3.63, 3.8) is 0 Å². The molecule has 0 aliphatic carbocycles. The number of hydrogen-bond donors (Lipinski definition) is 1. The number of ether oxygens (including phenoxy) is 3. The Balaban J connectivity index is 3.04. The van der Waals surface area contributed by atoms with Crippen LogP contribution in [0.15, 0.2) is 0 Å². The van der Waals surface area contributed by atoms with Crippen molar-refractivity contribution < 1.29 is 24.1 Å². The van der Waals surface area contributed by atoms with E-state index in [0.29, 0.717) is 19.8 Å². The summed E-state index contributed by atoms with van der Waals surface area (Å²) in [6, 6.07) is 0. The molecule has 0 saturated carbocycles. The highest BCUT2D eigenvalue weighted by molar-refractivity contribution is 5.67. The summed E-state index contributed by atoms with van der Waals surface area (Å²) in [4.78, 5) is 10.0. The molecule has 0 fully saturated rings. The van der Waals surface area contributed by atoms with Crippen molar-refractivity contribution in [3.8, 4) is 0 Å². The lowest BCUT2D eigenvalue weighted by atomic mass is 10.4. The van der Waals surface area contributed by atoms with E-state index in [-0.39, 0.29) is 12.7 Å². The van der Waals surface area contributed by atoms with E-state index in [1.165, 1.54) is 0 Å². The molecular formula is C8H16O5. The van der Waals surface area contributed by atoms with E-state index in [2.05, 4.69) is 0 Å². The van der Waals surface area contributed by atoms with E-state index in [9.17, 15) is 4.79 Å². The monoisotopic (exact) mass is 192 g/mol. The van der Waals surface area contributed by atoms with Gasteiger partial charge in [0.25, 0.3) is 0 Å². The molecule has 0 aromatic carbocycles. The molecule has 0 saturated heterocycles. The molecule has 5 heteroatoms. The average Bonchev–Trinajstić information content (AvgIpc) is 2.10. The van der Waals surface area contributed by atoms with Crippen molar-refractivity contribution in [3.05, 3.63) is 0 Å². The third kappa shape index (κ3) is 9.26. The fourth-order valence-corrected chi connectivity index (χ4v) is 0.595. The Kier molecular flexibility index (Phi) is 7.57. The number of rotatable bonds is 8. The molecule has 0 amide bonds. The van der Waals surface area contributed by atoms with Crippen LogP contribution < -0.4 is 0 Å². The molecule has 0 aromatic heterocycles. The van der Waals surface area contributed by atoms with E-state index in [0.717, 1.165) is 0 Å². The van der Waals surface area contributed by atoms with Crippen LogP contribution in [0.5, 0.6) is 0 Å². The topological polar surface area (TPSA) is 65.0 Å². The van der Waals surface area contributed by atoms with Gasteiger partial charge in [-0.15, -0.1) is 0 Å². The van der Waals surface area contributed by atoms with Crippen molar-refractivity contribution in [2.45, 2.75) is 13.0 Å². The molecule has 0 spiro atoms. The number of methoxy groups -OCH3 is 1. The van der Waals surface area contributed by atoms with Gasteiger partial charge in [0.05, 0.1) is 25.9 Å². The zero-order valence-corrected chi connectivity index (χ0v) is 7.99. The van der Waals surface area contributed by atoms with Gasteiger partial charge >= 0.3 is 5.97 Å². The minimum Gasteiger partial charge on any atom is -0.480 e. The maximum Gasteiger partial charge on any atom is 0.329 e. The van der Waals surface area contributed by atoms with E-state index in [1.807, 2.05) is 6.92 Å². The van der Waals surface area contributed by atoms with E-state index in [1.54, 1.807) is 7.11 Å². The Bertz CT molecular complexity index is 136. The number of carboxylic acids is 1. The lowest BCUT2D eigenvalue weighted by molar-refractivity contribution is -0.142. The second-order valence-corrected chi connectivity index (χ2v) is 2.57. The predicted molar refractivity (Wildman–Crippen MR) is 45.7 cm³/mol. The van der Waals surface area contributed by atoms with Crippen molar-refractivity contribution >= 4 is 5.97 Å². The normalized spacial score (nSPS) is 12.8. The molecule has 0 aliphatic rings. The van der Waals surface area contributed by atoms with Crippen molar-refractivity contribution in [1.82, 2.24) is 0 Å². The molecule has 0 heterocycles. The molecule has 0 aliphatic heterocycles. The van der Waals surface area contributed by atoms with Gasteiger partial charge in [0, 0.05) is 7.11 Å². The first kappa shape index (κ1) is 12.3. The molecule has 0 rings (SSSR count). The molecule has 0 radical (unpaired) electrons. The van der Waals surface area contributed by atoms with Gasteiger partial charge < -0.3 is 19.3 Å². The zero-order chi connectivity index (χ0) is 10.1. The van der Waals surface area contributed by atoms with Crippen LogP contribution in [0.25, 0.3) is 0 Å². The summed E-state index contributed by atoms with van der Waals surface area (Å²) in [6.07, 6.45) is 0.0551.